The highest BCUT2D eigenvalue weighted by atomic mass is 35.5. The second-order valence-corrected chi connectivity index (χ2v) is 8.16. The van der Waals surface area contributed by atoms with Crippen molar-refractivity contribution in [1.82, 2.24) is 0 Å². The molecule has 2 amide bonds. The molecule has 0 saturated carbocycles. The van der Waals surface area contributed by atoms with Gasteiger partial charge < -0.3 is 5.32 Å². The number of nitrogens with zero attached hydrogens (tertiary/aromatic N) is 1. The van der Waals surface area contributed by atoms with Crippen molar-refractivity contribution < 1.29 is 9.59 Å². The summed E-state index contributed by atoms with van der Waals surface area (Å²) in [6.07, 6.45) is 0.891. The maximum atomic E-state index is 13.3. The number of thiophene rings is 1. The molecular weight excluding hydrogens is 404 g/mol. The van der Waals surface area contributed by atoms with Crippen LogP contribution >= 0.6 is 22.9 Å². The van der Waals surface area contributed by atoms with E-state index in [1.807, 2.05) is 54.8 Å². The number of hydrogen-bond donors (Lipinski definition) is 1. The highest BCUT2D eigenvalue weighted by molar-refractivity contribution is 7.11. The molecule has 0 atom stereocenters. The molecule has 6 heteroatoms. The summed E-state index contributed by atoms with van der Waals surface area (Å²) in [6, 6.07) is 16.6. The summed E-state index contributed by atoms with van der Waals surface area (Å²) in [6.45, 7) is 3.99. The highest BCUT2D eigenvalue weighted by Crippen LogP contribution is 2.36. The molecule has 0 saturated heterocycles. The second kappa shape index (κ2) is 7.85. The van der Waals surface area contributed by atoms with E-state index in [2.05, 4.69) is 12.2 Å². The van der Waals surface area contributed by atoms with Crippen molar-refractivity contribution in [3.8, 4) is 0 Å². The van der Waals surface area contributed by atoms with Crippen molar-refractivity contribution in [1.29, 1.82) is 0 Å². The molecule has 0 radical (unpaired) electrons. The number of carbonyl (C=O) groups is 2. The van der Waals surface area contributed by atoms with E-state index < -0.39 is 0 Å². The molecule has 0 aliphatic carbocycles. The van der Waals surface area contributed by atoms with Gasteiger partial charge in [0.05, 0.1) is 11.3 Å². The summed E-state index contributed by atoms with van der Waals surface area (Å²) in [7, 11) is 0. The van der Waals surface area contributed by atoms with Gasteiger partial charge in [0, 0.05) is 15.6 Å². The minimum Gasteiger partial charge on any atom is -0.350 e. The lowest BCUT2D eigenvalue weighted by Crippen LogP contribution is -2.32. The van der Waals surface area contributed by atoms with Gasteiger partial charge in [0.1, 0.15) is 5.70 Å². The van der Waals surface area contributed by atoms with Gasteiger partial charge in [0.2, 0.25) is 0 Å². The van der Waals surface area contributed by atoms with Gasteiger partial charge in [-0.3, -0.25) is 9.59 Å². The van der Waals surface area contributed by atoms with Gasteiger partial charge in [-0.25, -0.2) is 4.90 Å². The number of nitrogens with one attached hydrogen (secondary N) is 1. The normalized spacial score (nSPS) is 14.1. The fraction of sp³-hybridized carbons (Fsp3) is 0.130. The molecule has 0 fully saturated rings. The summed E-state index contributed by atoms with van der Waals surface area (Å²) in [5, 5.41) is 5.63. The number of amides is 2. The number of anilines is 2. The van der Waals surface area contributed by atoms with Crippen LogP contribution < -0.4 is 10.2 Å². The van der Waals surface area contributed by atoms with Crippen LogP contribution in [-0.2, 0) is 16.0 Å². The van der Waals surface area contributed by atoms with Crippen LogP contribution in [-0.4, -0.2) is 11.8 Å². The largest absolute Gasteiger partial charge is 0.350 e. The predicted molar refractivity (Wildman–Crippen MR) is 119 cm³/mol. The van der Waals surface area contributed by atoms with E-state index in [-0.39, 0.29) is 17.5 Å². The SMILES string of the molecule is CCc1ccc(N2C(=O)C(Nc3cc(Cl)ccc3C)=C(c3cccs3)C2=O)cc1. The average Bonchev–Trinajstić information content (AvgIpc) is 3.32. The van der Waals surface area contributed by atoms with Gasteiger partial charge in [0.25, 0.3) is 11.8 Å². The van der Waals surface area contributed by atoms with E-state index in [4.69, 9.17) is 11.6 Å². The average molecular weight is 423 g/mol. The number of aryl methyl sites for hydroxylation is 2. The standard InChI is InChI=1S/C23H19ClN2O2S/c1-3-15-7-10-17(11-8-15)26-22(27)20(19-5-4-12-29-19)21(23(26)28)25-18-13-16(24)9-6-14(18)2/h4-13,25H,3H2,1-2H3. The van der Waals surface area contributed by atoms with E-state index in [0.29, 0.717) is 22.0 Å². The molecule has 29 heavy (non-hydrogen) atoms. The van der Waals surface area contributed by atoms with E-state index in [1.54, 1.807) is 12.1 Å². The topological polar surface area (TPSA) is 49.4 Å². The number of rotatable bonds is 5. The third kappa shape index (κ3) is 3.59. The van der Waals surface area contributed by atoms with Gasteiger partial charge in [0.15, 0.2) is 0 Å². The Kier molecular flexibility index (Phi) is 5.26. The zero-order valence-corrected chi connectivity index (χ0v) is 17.6. The Morgan fingerprint density at radius 1 is 1.03 bits per heavy atom. The quantitative estimate of drug-likeness (QED) is 0.539. The molecule has 146 valence electrons. The molecule has 0 unspecified atom stereocenters. The molecule has 1 aliphatic heterocycles. The first kappa shape index (κ1) is 19.4. The molecule has 2 heterocycles. The molecule has 4 nitrogen and oxygen atoms in total. The van der Waals surface area contributed by atoms with Crippen LogP contribution in [0.4, 0.5) is 11.4 Å². The Balaban J connectivity index is 1.79. The fourth-order valence-electron chi connectivity index (χ4n) is 3.27. The lowest BCUT2D eigenvalue weighted by Gasteiger charge is -2.16. The first-order valence-electron chi connectivity index (χ1n) is 9.28. The lowest BCUT2D eigenvalue weighted by atomic mass is 10.1. The van der Waals surface area contributed by atoms with Crippen molar-refractivity contribution in [3.05, 3.63) is 86.7 Å². The minimum atomic E-state index is -0.373. The van der Waals surface area contributed by atoms with E-state index in [9.17, 15) is 9.59 Å². The monoisotopic (exact) mass is 422 g/mol. The lowest BCUT2D eigenvalue weighted by molar-refractivity contribution is -0.120. The number of carbonyl (C=O) groups excluding carboxylic acids is 2. The van der Waals surface area contributed by atoms with E-state index in [1.165, 1.54) is 16.2 Å². The van der Waals surface area contributed by atoms with E-state index in [0.717, 1.165) is 22.4 Å². The highest BCUT2D eigenvalue weighted by Gasteiger charge is 2.40. The number of benzene rings is 2. The Morgan fingerprint density at radius 2 is 1.79 bits per heavy atom. The van der Waals surface area contributed by atoms with Crippen molar-refractivity contribution in [3.63, 3.8) is 0 Å². The predicted octanol–water partition coefficient (Wildman–Crippen LogP) is 5.67. The van der Waals surface area contributed by atoms with Crippen molar-refractivity contribution in [2.24, 2.45) is 0 Å². The smallest absolute Gasteiger partial charge is 0.282 e. The molecule has 3 aromatic rings. The summed E-state index contributed by atoms with van der Waals surface area (Å²) in [5.74, 6) is -0.703. The third-order valence-electron chi connectivity index (χ3n) is 4.91. The van der Waals surface area contributed by atoms with Crippen LogP contribution in [0.2, 0.25) is 5.02 Å². The third-order valence-corrected chi connectivity index (χ3v) is 6.04. The van der Waals surface area contributed by atoms with Crippen molar-refractivity contribution in [2.45, 2.75) is 20.3 Å². The maximum absolute atomic E-state index is 13.3. The van der Waals surface area contributed by atoms with Crippen LogP contribution in [0.25, 0.3) is 5.57 Å². The van der Waals surface area contributed by atoms with Crippen molar-refractivity contribution >= 4 is 51.7 Å². The van der Waals surface area contributed by atoms with Crippen molar-refractivity contribution in [2.75, 3.05) is 10.2 Å². The summed E-state index contributed by atoms with van der Waals surface area (Å²) in [4.78, 5) is 28.6. The van der Waals surface area contributed by atoms with Crippen LogP contribution in [0.3, 0.4) is 0 Å². The van der Waals surface area contributed by atoms with Gasteiger partial charge in [-0.2, -0.15) is 0 Å². The number of hydrogen-bond acceptors (Lipinski definition) is 4. The molecular formula is C23H19ClN2O2S. The van der Waals surface area contributed by atoms with Crippen LogP contribution in [0, 0.1) is 6.92 Å². The summed E-state index contributed by atoms with van der Waals surface area (Å²) < 4.78 is 0. The first-order chi connectivity index (χ1) is 14.0. The molecule has 0 bridgehead atoms. The fourth-order valence-corrected chi connectivity index (χ4v) is 4.21. The Hall–Kier alpha value is -2.89. The summed E-state index contributed by atoms with van der Waals surface area (Å²) >= 11 is 7.57. The molecule has 1 aromatic heterocycles. The first-order valence-corrected chi connectivity index (χ1v) is 10.5. The molecule has 2 aromatic carbocycles. The van der Waals surface area contributed by atoms with Crippen LogP contribution in [0.15, 0.2) is 65.7 Å². The van der Waals surface area contributed by atoms with Gasteiger partial charge in [-0.1, -0.05) is 42.8 Å². The van der Waals surface area contributed by atoms with Gasteiger partial charge in [-0.15, -0.1) is 11.3 Å². The van der Waals surface area contributed by atoms with E-state index >= 15 is 0 Å². The molecule has 1 aliphatic rings. The minimum absolute atomic E-state index is 0.266. The Labute approximate surface area is 178 Å². The molecule has 1 N–H and O–H groups in total. The Morgan fingerprint density at radius 3 is 2.45 bits per heavy atom. The Bertz CT molecular complexity index is 1120. The second-order valence-electron chi connectivity index (χ2n) is 6.78. The van der Waals surface area contributed by atoms with Crippen LogP contribution in [0.5, 0.6) is 0 Å². The maximum Gasteiger partial charge on any atom is 0.282 e. The number of halogens is 1. The van der Waals surface area contributed by atoms with Gasteiger partial charge in [-0.05, 0) is 60.2 Å². The molecule has 4 rings (SSSR count). The van der Waals surface area contributed by atoms with Crippen LogP contribution in [0.1, 0.15) is 22.9 Å². The zero-order valence-electron chi connectivity index (χ0n) is 16.0. The molecule has 0 spiro atoms. The summed E-state index contributed by atoms with van der Waals surface area (Å²) in [5.41, 5.74) is 3.98. The number of imide groups is 1. The van der Waals surface area contributed by atoms with Gasteiger partial charge >= 0.3 is 0 Å². The zero-order chi connectivity index (χ0) is 20.5.